The average molecular weight is 178 g/mol. The van der Waals surface area contributed by atoms with Gasteiger partial charge in [0.05, 0.1) is 5.60 Å². The Morgan fingerprint density at radius 2 is 2.00 bits per heavy atom. The number of hydrogen-bond acceptors (Lipinski definition) is 5. The van der Waals surface area contributed by atoms with Crippen molar-refractivity contribution in [3.63, 3.8) is 0 Å². The van der Waals surface area contributed by atoms with Gasteiger partial charge in [0.1, 0.15) is 0 Å². The van der Waals surface area contributed by atoms with Crippen LogP contribution in [0.3, 0.4) is 0 Å². The molecule has 0 aliphatic heterocycles. The molecule has 0 aromatic carbocycles. The molecule has 0 amide bonds. The van der Waals surface area contributed by atoms with Gasteiger partial charge in [-0.25, -0.2) is 4.89 Å². The molecule has 3 N–H and O–H groups in total. The van der Waals surface area contributed by atoms with E-state index in [9.17, 15) is 4.79 Å². The third-order valence-corrected chi connectivity index (χ3v) is 1.51. The summed E-state index contributed by atoms with van der Waals surface area (Å²) in [6.07, 6.45) is -1.73. The summed E-state index contributed by atoms with van der Waals surface area (Å²) in [5, 5.41) is 25.1. The Kier molecular flexibility index (Phi) is 4.33. The van der Waals surface area contributed by atoms with E-state index in [1.807, 2.05) is 0 Å². The van der Waals surface area contributed by atoms with Gasteiger partial charge in [-0.1, -0.05) is 0 Å². The van der Waals surface area contributed by atoms with Crippen LogP contribution in [0.5, 0.6) is 0 Å². The molecular weight excluding hydrogens is 164 g/mol. The third-order valence-electron chi connectivity index (χ3n) is 1.51. The first kappa shape index (κ1) is 11.5. The summed E-state index contributed by atoms with van der Waals surface area (Å²) in [5.74, 6) is -0.680. The van der Waals surface area contributed by atoms with Gasteiger partial charge < -0.3 is 10.2 Å². The van der Waals surface area contributed by atoms with E-state index in [4.69, 9.17) is 15.5 Å². The fraction of sp³-hybridized carbons (Fsp3) is 0.857. The number of hydrogen-bond donors (Lipinski definition) is 3. The number of carbonyl (C=O) groups excluding carboxylic acids is 1. The monoisotopic (exact) mass is 178 g/mol. The Hall–Kier alpha value is -0.490. The molecule has 0 aromatic rings. The van der Waals surface area contributed by atoms with Gasteiger partial charge in [-0.3, -0.25) is 10.1 Å². The topological polar surface area (TPSA) is 87.0 Å². The van der Waals surface area contributed by atoms with Crippen LogP contribution in [-0.4, -0.2) is 33.1 Å². The number of Topliss-reactive ketones (excluding diaryl/α,β-unsaturated/α-hetero) is 1. The number of aliphatic hydroxyl groups excluding tert-OH is 1. The Morgan fingerprint density at radius 1 is 1.50 bits per heavy atom. The lowest BCUT2D eigenvalue weighted by molar-refractivity contribution is -0.314. The fourth-order valence-corrected chi connectivity index (χ4v) is 0.599. The SMILES string of the molecule is CC(C)(CCC(=O)C(O)O)OO. The van der Waals surface area contributed by atoms with E-state index in [2.05, 4.69) is 4.89 Å². The molecule has 0 unspecified atom stereocenters. The average Bonchev–Trinajstić information content (AvgIpc) is 2.00. The Labute approximate surface area is 70.5 Å². The number of aliphatic hydroxyl groups is 2. The summed E-state index contributed by atoms with van der Waals surface area (Å²) < 4.78 is 0. The molecule has 0 heterocycles. The molecule has 0 atom stereocenters. The van der Waals surface area contributed by atoms with E-state index in [1.165, 1.54) is 0 Å². The van der Waals surface area contributed by atoms with E-state index < -0.39 is 17.7 Å². The van der Waals surface area contributed by atoms with Gasteiger partial charge in [0.2, 0.25) is 6.29 Å². The van der Waals surface area contributed by atoms with Crippen molar-refractivity contribution in [1.82, 2.24) is 0 Å². The molecule has 5 heteroatoms. The minimum absolute atomic E-state index is 0.0365. The Morgan fingerprint density at radius 3 is 2.33 bits per heavy atom. The molecule has 0 radical (unpaired) electrons. The lowest BCUT2D eigenvalue weighted by Gasteiger charge is -2.19. The molecule has 0 bridgehead atoms. The van der Waals surface area contributed by atoms with Crippen molar-refractivity contribution in [2.45, 2.75) is 38.6 Å². The highest BCUT2D eigenvalue weighted by Crippen LogP contribution is 2.15. The molecule has 72 valence electrons. The summed E-state index contributed by atoms with van der Waals surface area (Å²) in [6.45, 7) is 3.17. The van der Waals surface area contributed by atoms with Gasteiger partial charge in [-0.05, 0) is 20.3 Å². The normalized spacial score (nSPS) is 12.2. The van der Waals surface area contributed by atoms with Crippen molar-refractivity contribution < 1.29 is 25.2 Å². The van der Waals surface area contributed by atoms with Crippen LogP contribution in [0.2, 0.25) is 0 Å². The lowest BCUT2D eigenvalue weighted by atomic mass is 10.0. The van der Waals surface area contributed by atoms with Crippen LogP contribution in [0.4, 0.5) is 0 Å². The lowest BCUT2D eigenvalue weighted by Crippen LogP contribution is -2.27. The van der Waals surface area contributed by atoms with E-state index in [0.717, 1.165) is 0 Å². The highest BCUT2D eigenvalue weighted by molar-refractivity contribution is 5.81. The second kappa shape index (κ2) is 4.51. The molecule has 0 rings (SSSR count). The molecule has 0 aromatic heterocycles. The van der Waals surface area contributed by atoms with Crippen LogP contribution in [0, 0.1) is 0 Å². The van der Waals surface area contributed by atoms with Crippen LogP contribution in [0.15, 0.2) is 0 Å². The van der Waals surface area contributed by atoms with Crippen molar-refractivity contribution in [2.24, 2.45) is 0 Å². The maximum absolute atomic E-state index is 10.7. The van der Waals surface area contributed by atoms with Gasteiger partial charge in [-0.15, -0.1) is 0 Å². The molecule has 0 fully saturated rings. The molecular formula is C7H14O5. The van der Waals surface area contributed by atoms with Crippen LogP contribution < -0.4 is 0 Å². The van der Waals surface area contributed by atoms with Crippen molar-refractivity contribution in [1.29, 1.82) is 0 Å². The molecule has 0 aliphatic carbocycles. The van der Waals surface area contributed by atoms with Crippen molar-refractivity contribution in [3.05, 3.63) is 0 Å². The minimum atomic E-state index is -1.93. The molecule has 0 saturated carbocycles. The van der Waals surface area contributed by atoms with Gasteiger partial charge >= 0.3 is 0 Å². The molecule has 12 heavy (non-hydrogen) atoms. The summed E-state index contributed by atoms with van der Waals surface area (Å²) >= 11 is 0. The number of carbonyl (C=O) groups is 1. The van der Waals surface area contributed by atoms with E-state index in [-0.39, 0.29) is 12.8 Å². The predicted molar refractivity (Wildman–Crippen MR) is 40.3 cm³/mol. The standard InChI is InChI=1S/C7H14O5/c1-7(2,12-11)4-3-5(8)6(9)10/h6,9-11H,3-4H2,1-2H3. The van der Waals surface area contributed by atoms with Gasteiger partial charge in [0, 0.05) is 6.42 Å². The Balaban J connectivity index is 3.76. The van der Waals surface area contributed by atoms with E-state index in [0.29, 0.717) is 0 Å². The maximum Gasteiger partial charge on any atom is 0.212 e. The third kappa shape index (κ3) is 4.40. The summed E-state index contributed by atoms with van der Waals surface area (Å²) in [5.41, 5.74) is -0.829. The van der Waals surface area contributed by atoms with E-state index in [1.54, 1.807) is 13.8 Å². The summed E-state index contributed by atoms with van der Waals surface area (Å²) in [6, 6.07) is 0. The van der Waals surface area contributed by atoms with Crippen LogP contribution >= 0.6 is 0 Å². The van der Waals surface area contributed by atoms with Crippen LogP contribution in [-0.2, 0) is 9.68 Å². The summed E-state index contributed by atoms with van der Waals surface area (Å²) in [4.78, 5) is 14.7. The van der Waals surface area contributed by atoms with Crippen molar-refractivity contribution in [2.75, 3.05) is 0 Å². The number of rotatable bonds is 5. The zero-order valence-electron chi connectivity index (χ0n) is 7.15. The molecule has 5 nitrogen and oxygen atoms in total. The smallest absolute Gasteiger partial charge is 0.212 e. The van der Waals surface area contributed by atoms with Gasteiger partial charge in [0.15, 0.2) is 5.78 Å². The van der Waals surface area contributed by atoms with Crippen molar-refractivity contribution >= 4 is 5.78 Å². The van der Waals surface area contributed by atoms with E-state index >= 15 is 0 Å². The molecule has 0 aliphatic rings. The van der Waals surface area contributed by atoms with Crippen LogP contribution in [0.1, 0.15) is 26.7 Å². The quantitative estimate of drug-likeness (QED) is 0.311. The second-order valence-electron chi connectivity index (χ2n) is 3.19. The zero-order valence-corrected chi connectivity index (χ0v) is 7.15. The largest absolute Gasteiger partial charge is 0.362 e. The predicted octanol–water partition coefficient (Wildman–Crippen LogP) is -0.0854. The Bertz CT molecular complexity index is 152. The van der Waals surface area contributed by atoms with Crippen LogP contribution in [0.25, 0.3) is 0 Å². The minimum Gasteiger partial charge on any atom is -0.362 e. The fourth-order valence-electron chi connectivity index (χ4n) is 0.599. The number of ketones is 1. The van der Waals surface area contributed by atoms with Gasteiger partial charge in [-0.2, -0.15) is 0 Å². The highest BCUT2D eigenvalue weighted by Gasteiger charge is 2.21. The summed E-state index contributed by atoms with van der Waals surface area (Å²) in [7, 11) is 0. The maximum atomic E-state index is 10.7. The first-order valence-corrected chi connectivity index (χ1v) is 3.60. The molecule has 0 saturated heterocycles. The first-order valence-electron chi connectivity index (χ1n) is 3.60. The second-order valence-corrected chi connectivity index (χ2v) is 3.19. The van der Waals surface area contributed by atoms with Crippen molar-refractivity contribution in [3.8, 4) is 0 Å². The zero-order chi connectivity index (χ0) is 9.78. The molecule has 0 spiro atoms. The van der Waals surface area contributed by atoms with Gasteiger partial charge in [0.25, 0.3) is 0 Å². The first-order chi connectivity index (χ1) is 5.39. The highest BCUT2D eigenvalue weighted by atomic mass is 17.1.